The molecule has 5 nitrogen and oxygen atoms in total. The van der Waals surface area contributed by atoms with Crippen LogP contribution >= 0.6 is 0 Å². The van der Waals surface area contributed by atoms with Crippen LogP contribution in [0.5, 0.6) is 5.75 Å². The lowest BCUT2D eigenvalue weighted by Gasteiger charge is -2.12. The molecular weight excluding hydrogens is 439 g/mol. The first kappa shape index (κ1) is 22.8. The Labute approximate surface area is 204 Å². The zero-order valence-electron chi connectivity index (χ0n) is 19.9. The molecule has 178 valence electrons. The van der Waals surface area contributed by atoms with Gasteiger partial charge in [-0.2, -0.15) is 0 Å². The standard InChI is InChI=1S/C29H29FN4O/c1-35-23-15-12-21(13-16-23)19-34-26(11-7-3-6-10-20-8-4-2-5-9-20)33-27-28(34)24-17-14-22(30)18-25(24)32-29(27)31/h2,4-5,8-9,12-18H,3,6-7,10-11,19H2,1H3,(H2,31,32). The number of nitrogens with two attached hydrogens (primary N) is 1. The minimum atomic E-state index is -0.330. The van der Waals surface area contributed by atoms with Gasteiger partial charge >= 0.3 is 0 Å². The van der Waals surface area contributed by atoms with Crippen LogP contribution in [0, 0.1) is 5.82 Å². The maximum absolute atomic E-state index is 13.9. The van der Waals surface area contributed by atoms with Gasteiger partial charge in [-0.1, -0.05) is 48.9 Å². The van der Waals surface area contributed by atoms with Crippen LogP contribution in [-0.2, 0) is 19.4 Å². The van der Waals surface area contributed by atoms with Crippen LogP contribution in [0.15, 0.2) is 72.8 Å². The number of fused-ring (bicyclic) bond motifs is 3. The Morgan fingerprint density at radius 3 is 2.40 bits per heavy atom. The fourth-order valence-electron chi connectivity index (χ4n) is 4.64. The highest BCUT2D eigenvalue weighted by molar-refractivity contribution is 6.06. The number of benzene rings is 3. The SMILES string of the molecule is COc1ccc(Cn2c(CCCCCc3ccccc3)nc3c(N)nc4cc(F)ccc4c32)cc1. The molecule has 2 heterocycles. The largest absolute Gasteiger partial charge is 0.497 e. The van der Waals surface area contributed by atoms with E-state index < -0.39 is 0 Å². The normalized spacial score (nSPS) is 11.4. The fraction of sp³-hybridized carbons (Fsp3) is 0.241. The molecule has 0 radical (unpaired) electrons. The van der Waals surface area contributed by atoms with E-state index in [0.717, 1.165) is 60.1 Å². The Hall–Kier alpha value is -3.93. The van der Waals surface area contributed by atoms with Crippen LogP contribution in [0.3, 0.4) is 0 Å². The number of nitrogen functional groups attached to an aromatic ring is 1. The molecule has 0 spiro atoms. The van der Waals surface area contributed by atoms with E-state index in [0.29, 0.717) is 23.4 Å². The third-order valence-corrected chi connectivity index (χ3v) is 6.45. The number of nitrogens with zero attached hydrogens (tertiary/aromatic N) is 3. The average molecular weight is 469 g/mol. The van der Waals surface area contributed by atoms with Crippen LogP contribution < -0.4 is 10.5 Å². The lowest BCUT2D eigenvalue weighted by atomic mass is 10.1. The number of imidazole rings is 1. The predicted molar refractivity (Wildman–Crippen MR) is 139 cm³/mol. The second-order valence-electron chi connectivity index (χ2n) is 8.86. The zero-order valence-corrected chi connectivity index (χ0v) is 19.9. The van der Waals surface area contributed by atoms with E-state index in [9.17, 15) is 4.39 Å². The fourth-order valence-corrected chi connectivity index (χ4v) is 4.64. The topological polar surface area (TPSA) is 66.0 Å². The zero-order chi connectivity index (χ0) is 24.2. The minimum absolute atomic E-state index is 0.330. The first-order valence-electron chi connectivity index (χ1n) is 12.0. The summed E-state index contributed by atoms with van der Waals surface area (Å²) in [5, 5.41) is 0.854. The van der Waals surface area contributed by atoms with E-state index in [1.807, 2.05) is 12.1 Å². The third kappa shape index (κ3) is 4.97. The number of rotatable bonds is 9. The number of anilines is 1. The summed E-state index contributed by atoms with van der Waals surface area (Å²) in [4.78, 5) is 9.36. The van der Waals surface area contributed by atoms with Gasteiger partial charge < -0.3 is 15.0 Å². The molecule has 0 saturated heterocycles. The Balaban J connectivity index is 1.46. The molecule has 0 aliphatic heterocycles. The molecule has 5 aromatic rings. The van der Waals surface area contributed by atoms with Gasteiger partial charge in [0.15, 0.2) is 5.82 Å². The van der Waals surface area contributed by atoms with Crippen LogP contribution in [0.25, 0.3) is 21.9 Å². The van der Waals surface area contributed by atoms with E-state index in [1.165, 1.54) is 17.7 Å². The number of pyridine rings is 1. The number of aromatic nitrogens is 3. The van der Waals surface area contributed by atoms with Gasteiger partial charge in [0.05, 0.1) is 18.1 Å². The molecule has 0 aliphatic carbocycles. The molecule has 0 amide bonds. The molecule has 0 fully saturated rings. The van der Waals surface area contributed by atoms with Crippen molar-refractivity contribution in [2.24, 2.45) is 0 Å². The van der Waals surface area contributed by atoms with Crippen molar-refractivity contribution in [2.45, 2.75) is 38.6 Å². The van der Waals surface area contributed by atoms with Gasteiger partial charge in [-0.25, -0.2) is 14.4 Å². The molecule has 0 unspecified atom stereocenters. The minimum Gasteiger partial charge on any atom is -0.497 e. The van der Waals surface area contributed by atoms with Gasteiger partial charge in [-0.3, -0.25) is 0 Å². The van der Waals surface area contributed by atoms with Gasteiger partial charge in [-0.15, -0.1) is 0 Å². The first-order valence-corrected chi connectivity index (χ1v) is 12.0. The molecule has 0 aliphatic rings. The second-order valence-corrected chi connectivity index (χ2v) is 8.86. The number of halogens is 1. The summed E-state index contributed by atoms with van der Waals surface area (Å²) >= 11 is 0. The van der Waals surface area contributed by atoms with Crippen molar-refractivity contribution in [3.05, 3.63) is 95.6 Å². The summed E-state index contributed by atoms with van der Waals surface area (Å²) in [6.45, 7) is 0.635. The maximum Gasteiger partial charge on any atom is 0.152 e. The second kappa shape index (κ2) is 10.1. The van der Waals surface area contributed by atoms with Crippen LogP contribution in [0.4, 0.5) is 10.2 Å². The maximum atomic E-state index is 13.9. The van der Waals surface area contributed by atoms with Crippen molar-refractivity contribution < 1.29 is 9.13 Å². The summed E-state index contributed by atoms with van der Waals surface area (Å²) in [5.74, 6) is 1.79. The van der Waals surface area contributed by atoms with Crippen LogP contribution in [0.1, 0.15) is 36.2 Å². The number of unbranched alkanes of at least 4 members (excludes halogenated alkanes) is 2. The monoisotopic (exact) mass is 468 g/mol. The van der Waals surface area contributed by atoms with E-state index in [1.54, 1.807) is 13.2 Å². The lowest BCUT2D eigenvalue weighted by Crippen LogP contribution is -2.06. The van der Waals surface area contributed by atoms with Gasteiger partial charge in [-0.05, 0) is 54.7 Å². The molecule has 2 aromatic heterocycles. The quantitative estimate of drug-likeness (QED) is 0.257. The van der Waals surface area contributed by atoms with Crippen molar-refractivity contribution in [1.29, 1.82) is 0 Å². The molecule has 0 atom stereocenters. The number of hydrogen-bond donors (Lipinski definition) is 1. The molecule has 0 bridgehead atoms. The molecule has 35 heavy (non-hydrogen) atoms. The summed E-state index contributed by atoms with van der Waals surface area (Å²) in [7, 11) is 1.66. The summed E-state index contributed by atoms with van der Waals surface area (Å²) in [5.41, 5.74) is 10.9. The number of methoxy groups -OCH3 is 1. The highest BCUT2D eigenvalue weighted by atomic mass is 19.1. The van der Waals surface area contributed by atoms with E-state index >= 15 is 0 Å². The van der Waals surface area contributed by atoms with Gasteiger partial charge in [0, 0.05) is 24.4 Å². The van der Waals surface area contributed by atoms with E-state index in [4.69, 9.17) is 15.5 Å². The molecular formula is C29H29FN4O. The molecule has 3 aromatic carbocycles. The molecule has 0 saturated carbocycles. The van der Waals surface area contributed by atoms with Gasteiger partial charge in [0.1, 0.15) is 22.9 Å². The van der Waals surface area contributed by atoms with Crippen molar-refractivity contribution in [1.82, 2.24) is 14.5 Å². The van der Waals surface area contributed by atoms with Crippen molar-refractivity contribution in [3.63, 3.8) is 0 Å². The van der Waals surface area contributed by atoms with E-state index in [-0.39, 0.29) is 5.82 Å². The van der Waals surface area contributed by atoms with Crippen LogP contribution in [0.2, 0.25) is 0 Å². The first-order chi connectivity index (χ1) is 17.1. The number of ether oxygens (including phenoxy) is 1. The highest BCUT2D eigenvalue weighted by Crippen LogP contribution is 2.30. The smallest absolute Gasteiger partial charge is 0.152 e. The van der Waals surface area contributed by atoms with Crippen molar-refractivity contribution in [3.8, 4) is 5.75 Å². The molecule has 6 heteroatoms. The Bertz CT molecular complexity index is 1450. The Kier molecular flexibility index (Phi) is 6.62. The Morgan fingerprint density at radius 1 is 0.857 bits per heavy atom. The van der Waals surface area contributed by atoms with Gasteiger partial charge in [0.25, 0.3) is 0 Å². The Morgan fingerprint density at radius 2 is 1.63 bits per heavy atom. The summed E-state index contributed by atoms with van der Waals surface area (Å²) < 4.78 is 21.5. The van der Waals surface area contributed by atoms with Gasteiger partial charge in [0.2, 0.25) is 0 Å². The molecule has 5 rings (SSSR count). The summed E-state index contributed by atoms with van der Waals surface area (Å²) in [6, 6.07) is 23.3. The number of hydrogen-bond acceptors (Lipinski definition) is 4. The molecule has 2 N–H and O–H groups in total. The average Bonchev–Trinajstić information content (AvgIpc) is 3.23. The van der Waals surface area contributed by atoms with Crippen molar-refractivity contribution in [2.75, 3.05) is 12.8 Å². The third-order valence-electron chi connectivity index (χ3n) is 6.45. The lowest BCUT2D eigenvalue weighted by molar-refractivity contribution is 0.414. The van der Waals surface area contributed by atoms with Crippen LogP contribution in [-0.4, -0.2) is 21.6 Å². The van der Waals surface area contributed by atoms with Crippen molar-refractivity contribution >= 4 is 27.8 Å². The number of aryl methyl sites for hydroxylation is 2. The predicted octanol–water partition coefficient (Wildman–Crippen LogP) is 6.32. The summed E-state index contributed by atoms with van der Waals surface area (Å²) in [6.07, 6.45) is 5.19. The van der Waals surface area contributed by atoms with E-state index in [2.05, 4.69) is 52.0 Å². The highest BCUT2D eigenvalue weighted by Gasteiger charge is 2.18.